The third-order valence-electron chi connectivity index (χ3n) is 2.69. The lowest BCUT2D eigenvalue weighted by Gasteiger charge is -2.25. The first kappa shape index (κ1) is 14.8. The number of hydrogen-bond donors (Lipinski definition) is 1. The topological polar surface area (TPSA) is 29.3 Å². The number of nitrogens with two attached hydrogens (primary N) is 1. The Morgan fingerprint density at radius 1 is 1.40 bits per heavy atom. The minimum atomic E-state index is 0.00794. The standard InChI is InChI=1S/C12H26N2S/c1-10(2)9-14(5)8-6-7-12(3,4)11(13)15/h10H,6-9H2,1-5H3,(H2,13,15). The lowest BCUT2D eigenvalue weighted by molar-refractivity contribution is 0.278. The minimum absolute atomic E-state index is 0.00794. The van der Waals surface area contributed by atoms with Gasteiger partial charge in [0.25, 0.3) is 0 Å². The Kier molecular flexibility index (Phi) is 6.37. The summed E-state index contributed by atoms with van der Waals surface area (Å²) in [7, 11) is 2.17. The molecule has 0 fully saturated rings. The molecule has 0 atom stereocenters. The highest BCUT2D eigenvalue weighted by Gasteiger charge is 2.20. The van der Waals surface area contributed by atoms with Crippen molar-refractivity contribution >= 4 is 17.2 Å². The van der Waals surface area contributed by atoms with Gasteiger partial charge in [0.1, 0.15) is 0 Å². The lowest BCUT2D eigenvalue weighted by atomic mass is 9.88. The van der Waals surface area contributed by atoms with Crippen LogP contribution in [0.15, 0.2) is 0 Å². The predicted octanol–water partition coefficient (Wildman–Crippen LogP) is 2.67. The van der Waals surface area contributed by atoms with Crippen molar-refractivity contribution in [1.29, 1.82) is 0 Å². The van der Waals surface area contributed by atoms with Crippen molar-refractivity contribution in [3.8, 4) is 0 Å². The van der Waals surface area contributed by atoms with Gasteiger partial charge in [-0.3, -0.25) is 0 Å². The van der Waals surface area contributed by atoms with Gasteiger partial charge >= 0.3 is 0 Å². The van der Waals surface area contributed by atoms with E-state index in [1.54, 1.807) is 0 Å². The van der Waals surface area contributed by atoms with Crippen molar-refractivity contribution < 1.29 is 0 Å². The molecular formula is C12H26N2S. The van der Waals surface area contributed by atoms with Crippen molar-refractivity contribution in [2.75, 3.05) is 20.1 Å². The van der Waals surface area contributed by atoms with Crippen LogP contribution in [0.25, 0.3) is 0 Å². The smallest absolute Gasteiger partial charge is 0.0784 e. The Morgan fingerprint density at radius 3 is 2.33 bits per heavy atom. The summed E-state index contributed by atoms with van der Waals surface area (Å²) < 4.78 is 0. The zero-order valence-corrected chi connectivity index (χ0v) is 11.7. The lowest BCUT2D eigenvalue weighted by Crippen LogP contribution is -2.31. The fraction of sp³-hybridized carbons (Fsp3) is 0.917. The Bertz CT molecular complexity index is 200. The van der Waals surface area contributed by atoms with E-state index in [9.17, 15) is 0 Å². The molecule has 2 N–H and O–H groups in total. The average Bonchev–Trinajstić information content (AvgIpc) is 2.01. The predicted molar refractivity (Wildman–Crippen MR) is 72.1 cm³/mol. The molecule has 0 amide bonds. The zero-order chi connectivity index (χ0) is 12.1. The molecule has 0 aromatic rings. The van der Waals surface area contributed by atoms with Gasteiger partial charge in [0.15, 0.2) is 0 Å². The Morgan fingerprint density at radius 2 is 1.93 bits per heavy atom. The fourth-order valence-electron chi connectivity index (χ4n) is 1.63. The molecule has 0 rings (SSSR count). The normalized spacial score (nSPS) is 12.5. The van der Waals surface area contributed by atoms with Gasteiger partial charge in [-0.15, -0.1) is 0 Å². The molecule has 0 aromatic carbocycles. The third-order valence-corrected chi connectivity index (χ3v) is 3.24. The van der Waals surface area contributed by atoms with Gasteiger partial charge in [-0.25, -0.2) is 0 Å². The van der Waals surface area contributed by atoms with Crippen LogP contribution in [0.1, 0.15) is 40.5 Å². The highest BCUT2D eigenvalue weighted by molar-refractivity contribution is 7.80. The molecule has 90 valence electrons. The van der Waals surface area contributed by atoms with Gasteiger partial charge in [0.2, 0.25) is 0 Å². The van der Waals surface area contributed by atoms with E-state index in [0.717, 1.165) is 31.8 Å². The first-order chi connectivity index (χ1) is 6.75. The maximum Gasteiger partial charge on any atom is 0.0784 e. The molecule has 3 heteroatoms. The van der Waals surface area contributed by atoms with Crippen LogP contribution in [-0.2, 0) is 0 Å². The van der Waals surface area contributed by atoms with E-state index in [2.05, 4.69) is 39.6 Å². The zero-order valence-electron chi connectivity index (χ0n) is 10.8. The molecule has 15 heavy (non-hydrogen) atoms. The Labute approximate surface area is 100 Å². The van der Waals surface area contributed by atoms with Gasteiger partial charge in [0.05, 0.1) is 4.99 Å². The molecule has 0 spiro atoms. The first-order valence-corrected chi connectivity index (χ1v) is 6.15. The average molecular weight is 230 g/mol. The highest BCUT2D eigenvalue weighted by Crippen LogP contribution is 2.22. The number of thiocarbonyl (C=S) groups is 1. The molecule has 0 bridgehead atoms. The Hall–Kier alpha value is -0.150. The second kappa shape index (κ2) is 6.44. The van der Waals surface area contributed by atoms with E-state index in [-0.39, 0.29) is 5.41 Å². The van der Waals surface area contributed by atoms with Gasteiger partial charge in [-0.05, 0) is 32.4 Å². The quantitative estimate of drug-likeness (QED) is 0.682. The van der Waals surface area contributed by atoms with Crippen molar-refractivity contribution in [3.05, 3.63) is 0 Å². The second-order valence-electron chi connectivity index (χ2n) is 5.51. The molecule has 0 aliphatic rings. The van der Waals surface area contributed by atoms with Gasteiger partial charge in [-0.1, -0.05) is 39.9 Å². The molecule has 0 radical (unpaired) electrons. The molecule has 0 saturated heterocycles. The molecular weight excluding hydrogens is 204 g/mol. The van der Waals surface area contributed by atoms with E-state index >= 15 is 0 Å². The highest BCUT2D eigenvalue weighted by atomic mass is 32.1. The molecule has 0 aliphatic carbocycles. The van der Waals surface area contributed by atoms with Crippen LogP contribution in [0.5, 0.6) is 0 Å². The maximum atomic E-state index is 5.69. The van der Waals surface area contributed by atoms with Crippen LogP contribution in [0, 0.1) is 11.3 Å². The molecule has 0 aliphatic heterocycles. The van der Waals surface area contributed by atoms with Crippen molar-refractivity contribution in [1.82, 2.24) is 4.90 Å². The summed E-state index contributed by atoms with van der Waals surface area (Å²) in [4.78, 5) is 3.01. The van der Waals surface area contributed by atoms with E-state index in [1.165, 1.54) is 0 Å². The largest absolute Gasteiger partial charge is 0.393 e. The van der Waals surface area contributed by atoms with E-state index in [1.807, 2.05) is 0 Å². The van der Waals surface area contributed by atoms with Crippen LogP contribution < -0.4 is 5.73 Å². The second-order valence-corrected chi connectivity index (χ2v) is 5.95. The summed E-state index contributed by atoms with van der Waals surface area (Å²) in [6, 6.07) is 0. The molecule has 0 unspecified atom stereocenters. The Balaban J connectivity index is 3.74. The SMILES string of the molecule is CC(C)CN(C)CCCC(C)(C)C(N)=S. The monoisotopic (exact) mass is 230 g/mol. The summed E-state index contributed by atoms with van der Waals surface area (Å²) in [5, 5.41) is 0. The fourth-order valence-corrected chi connectivity index (χ4v) is 1.73. The van der Waals surface area contributed by atoms with Gasteiger partial charge in [0, 0.05) is 12.0 Å². The van der Waals surface area contributed by atoms with Crippen LogP contribution in [-0.4, -0.2) is 30.0 Å². The van der Waals surface area contributed by atoms with E-state index in [4.69, 9.17) is 18.0 Å². The maximum absolute atomic E-state index is 5.69. The molecule has 0 aromatic heterocycles. The van der Waals surface area contributed by atoms with Crippen LogP contribution in [0.4, 0.5) is 0 Å². The molecule has 0 heterocycles. The minimum Gasteiger partial charge on any atom is -0.393 e. The number of nitrogens with zero attached hydrogens (tertiary/aromatic N) is 1. The third kappa shape index (κ3) is 6.85. The number of rotatable bonds is 7. The van der Waals surface area contributed by atoms with Crippen LogP contribution in [0.3, 0.4) is 0 Å². The van der Waals surface area contributed by atoms with Gasteiger partial charge < -0.3 is 10.6 Å². The van der Waals surface area contributed by atoms with Crippen molar-refractivity contribution in [3.63, 3.8) is 0 Å². The summed E-state index contributed by atoms with van der Waals surface area (Å²) in [5.74, 6) is 0.735. The van der Waals surface area contributed by atoms with E-state index < -0.39 is 0 Å². The summed E-state index contributed by atoms with van der Waals surface area (Å²) >= 11 is 5.04. The first-order valence-electron chi connectivity index (χ1n) is 5.74. The summed E-state index contributed by atoms with van der Waals surface area (Å²) in [5.41, 5.74) is 5.69. The summed E-state index contributed by atoms with van der Waals surface area (Å²) in [6.45, 7) is 11.0. The number of hydrogen-bond acceptors (Lipinski definition) is 2. The molecule has 0 saturated carbocycles. The van der Waals surface area contributed by atoms with E-state index in [0.29, 0.717) is 4.99 Å². The van der Waals surface area contributed by atoms with Crippen LogP contribution in [0.2, 0.25) is 0 Å². The van der Waals surface area contributed by atoms with Crippen molar-refractivity contribution in [2.24, 2.45) is 17.1 Å². The van der Waals surface area contributed by atoms with Gasteiger partial charge in [-0.2, -0.15) is 0 Å². The summed E-state index contributed by atoms with van der Waals surface area (Å²) in [6.07, 6.45) is 2.23. The molecule has 2 nitrogen and oxygen atoms in total. The van der Waals surface area contributed by atoms with Crippen LogP contribution >= 0.6 is 12.2 Å². The van der Waals surface area contributed by atoms with Crippen molar-refractivity contribution in [2.45, 2.75) is 40.5 Å².